The molecule has 0 atom stereocenters. The largest absolute Gasteiger partial charge is 0.460 e. The van der Waals surface area contributed by atoms with E-state index in [1.807, 2.05) is 43.3 Å². The summed E-state index contributed by atoms with van der Waals surface area (Å²) in [6.07, 6.45) is 1.01. The Hall–Kier alpha value is -1.000. The summed E-state index contributed by atoms with van der Waals surface area (Å²) in [7, 11) is 0. The van der Waals surface area contributed by atoms with Gasteiger partial charge in [-0.25, -0.2) is 0 Å². The summed E-state index contributed by atoms with van der Waals surface area (Å²) in [5.74, 6) is 1.72. The molecule has 1 N–H and O–H groups in total. The number of ether oxygens (including phenoxy) is 1. The van der Waals surface area contributed by atoms with Crippen LogP contribution in [0.25, 0.3) is 11.3 Å². The molecule has 0 radical (unpaired) electrons. The Morgan fingerprint density at radius 1 is 1.19 bits per heavy atom. The third-order valence-corrected chi connectivity index (χ3v) is 3.28. The van der Waals surface area contributed by atoms with Gasteiger partial charge in [-0.05, 0) is 44.2 Å². The standard InChI is InChI=1S/C16H20ClNO2.ClH/c1-2-19-11-5-10-18-12-13-8-9-16(20-13)14-6-3-4-7-15(14)17;/h3-4,6-9,18H,2,5,10-12H2,1H3;1H. The average molecular weight is 330 g/mol. The van der Waals surface area contributed by atoms with E-state index < -0.39 is 0 Å². The minimum absolute atomic E-state index is 0. The van der Waals surface area contributed by atoms with Crippen molar-refractivity contribution in [2.75, 3.05) is 19.8 Å². The summed E-state index contributed by atoms with van der Waals surface area (Å²) in [6, 6.07) is 11.6. The molecule has 0 aliphatic heterocycles. The van der Waals surface area contributed by atoms with Crippen LogP contribution in [0, 0.1) is 0 Å². The molecule has 0 spiro atoms. The summed E-state index contributed by atoms with van der Waals surface area (Å²) in [4.78, 5) is 0. The number of furan rings is 1. The van der Waals surface area contributed by atoms with E-state index >= 15 is 0 Å². The maximum absolute atomic E-state index is 6.15. The van der Waals surface area contributed by atoms with Crippen molar-refractivity contribution in [1.29, 1.82) is 0 Å². The second-order valence-corrected chi connectivity index (χ2v) is 4.88. The number of halogens is 2. The molecular weight excluding hydrogens is 309 g/mol. The van der Waals surface area contributed by atoms with Crippen LogP contribution in [0.5, 0.6) is 0 Å². The molecule has 3 nitrogen and oxygen atoms in total. The minimum Gasteiger partial charge on any atom is -0.460 e. The fourth-order valence-corrected chi connectivity index (χ4v) is 2.16. The topological polar surface area (TPSA) is 34.4 Å². The first kappa shape index (κ1) is 18.1. The van der Waals surface area contributed by atoms with Crippen LogP contribution < -0.4 is 5.32 Å². The Morgan fingerprint density at radius 3 is 2.76 bits per heavy atom. The van der Waals surface area contributed by atoms with Gasteiger partial charge < -0.3 is 14.5 Å². The summed E-state index contributed by atoms with van der Waals surface area (Å²) in [5.41, 5.74) is 0.928. The van der Waals surface area contributed by atoms with Crippen LogP contribution in [0.15, 0.2) is 40.8 Å². The number of benzene rings is 1. The average Bonchev–Trinajstić information content (AvgIpc) is 2.92. The lowest BCUT2D eigenvalue weighted by atomic mass is 10.2. The van der Waals surface area contributed by atoms with Gasteiger partial charge in [-0.2, -0.15) is 0 Å². The van der Waals surface area contributed by atoms with E-state index in [1.165, 1.54) is 0 Å². The third kappa shape index (κ3) is 5.71. The van der Waals surface area contributed by atoms with Crippen molar-refractivity contribution in [1.82, 2.24) is 5.32 Å². The van der Waals surface area contributed by atoms with Crippen molar-refractivity contribution < 1.29 is 9.15 Å². The Labute approximate surface area is 137 Å². The molecule has 0 bridgehead atoms. The SMILES string of the molecule is CCOCCCNCc1ccc(-c2ccccc2Cl)o1.Cl. The van der Waals surface area contributed by atoms with Crippen molar-refractivity contribution in [2.24, 2.45) is 0 Å². The monoisotopic (exact) mass is 329 g/mol. The lowest BCUT2D eigenvalue weighted by molar-refractivity contribution is 0.144. The zero-order valence-electron chi connectivity index (χ0n) is 12.1. The van der Waals surface area contributed by atoms with Gasteiger partial charge in [0.1, 0.15) is 11.5 Å². The van der Waals surface area contributed by atoms with Crippen molar-refractivity contribution in [3.63, 3.8) is 0 Å². The second kappa shape index (κ2) is 9.85. The summed E-state index contributed by atoms with van der Waals surface area (Å²) < 4.78 is 11.1. The van der Waals surface area contributed by atoms with Gasteiger partial charge in [-0.15, -0.1) is 12.4 Å². The van der Waals surface area contributed by atoms with Crippen molar-refractivity contribution >= 4 is 24.0 Å². The number of nitrogens with one attached hydrogen (secondary N) is 1. The molecule has 0 saturated heterocycles. The predicted molar refractivity (Wildman–Crippen MR) is 89.2 cm³/mol. The highest BCUT2D eigenvalue weighted by Gasteiger charge is 2.07. The summed E-state index contributed by atoms with van der Waals surface area (Å²) >= 11 is 6.15. The first-order valence-electron chi connectivity index (χ1n) is 6.93. The Kier molecular flexibility index (Phi) is 8.47. The maximum Gasteiger partial charge on any atom is 0.135 e. The van der Waals surface area contributed by atoms with Gasteiger partial charge in [-0.3, -0.25) is 0 Å². The summed E-state index contributed by atoms with van der Waals surface area (Å²) in [5, 5.41) is 4.04. The normalized spacial score (nSPS) is 10.4. The molecule has 21 heavy (non-hydrogen) atoms. The van der Waals surface area contributed by atoms with E-state index in [-0.39, 0.29) is 12.4 Å². The van der Waals surface area contributed by atoms with Crippen LogP contribution in [-0.2, 0) is 11.3 Å². The van der Waals surface area contributed by atoms with Crippen LogP contribution in [0.1, 0.15) is 19.1 Å². The molecule has 0 aliphatic carbocycles. The Morgan fingerprint density at radius 2 is 2.00 bits per heavy atom. The molecule has 0 aliphatic rings. The fraction of sp³-hybridized carbons (Fsp3) is 0.375. The molecule has 5 heteroatoms. The fourth-order valence-electron chi connectivity index (χ4n) is 1.93. The number of hydrogen-bond donors (Lipinski definition) is 1. The highest BCUT2D eigenvalue weighted by Crippen LogP contribution is 2.28. The zero-order chi connectivity index (χ0) is 14.2. The molecule has 1 heterocycles. The van der Waals surface area contributed by atoms with Crippen molar-refractivity contribution in [2.45, 2.75) is 19.9 Å². The van der Waals surface area contributed by atoms with Crippen molar-refractivity contribution in [3.8, 4) is 11.3 Å². The third-order valence-electron chi connectivity index (χ3n) is 2.95. The first-order valence-corrected chi connectivity index (χ1v) is 7.31. The van der Waals surface area contributed by atoms with Crippen LogP contribution in [0.2, 0.25) is 5.02 Å². The van der Waals surface area contributed by atoms with Crippen LogP contribution >= 0.6 is 24.0 Å². The molecule has 2 rings (SSSR count). The van der Waals surface area contributed by atoms with E-state index in [4.69, 9.17) is 20.8 Å². The van der Waals surface area contributed by atoms with Gasteiger partial charge in [-0.1, -0.05) is 23.7 Å². The smallest absolute Gasteiger partial charge is 0.135 e. The van der Waals surface area contributed by atoms with E-state index in [9.17, 15) is 0 Å². The molecular formula is C16H21Cl2NO2. The van der Waals surface area contributed by atoms with E-state index in [1.54, 1.807) is 0 Å². The minimum atomic E-state index is 0. The zero-order valence-corrected chi connectivity index (χ0v) is 13.7. The molecule has 0 fully saturated rings. The molecule has 116 valence electrons. The Balaban J connectivity index is 0.00000220. The molecule has 0 amide bonds. The van der Waals surface area contributed by atoms with Crippen LogP contribution in [0.4, 0.5) is 0 Å². The number of rotatable bonds is 8. The van der Waals surface area contributed by atoms with Crippen LogP contribution in [0.3, 0.4) is 0 Å². The highest BCUT2D eigenvalue weighted by molar-refractivity contribution is 6.33. The van der Waals surface area contributed by atoms with E-state index in [2.05, 4.69) is 5.32 Å². The lowest BCUT2D eigenvalue weighted by Gasteiger charge is -2.03. The number of hydrogen-bond acceptors (Lipinski definition) is 3. The first-order chi connectivity index (χ1) is 9.81. The molecule has 0 unspecified atom stereocenters. The maximum atomic E-state index is 6.15. The second-order valence-electron chi connectivity index (χ2n) is 4.47. The van der Waals surface area contributed by atoms with Gasteiger partial charge in [0, 0.05) is 18.8 Å². The Bertz CT molecular complexity index is 529. The lowest BCUT2D eigenvalue weighted by Crippen LogP contribution is -2.15. The van der Waals surface area contributed by atoms with Crippen LogP contribution in [-0.4, -0.2) is 19.8 Å². The summed E-state index contributed by atoms with van der Waals surface area (Å²) in [6.45, 7) is 5.22. The quantitative estimate of drug-likeness (QED) is 0.722. The van der Waals surface area contributed by atoms with E-state index in [0.717, 1.165) is 49.8 Å². The van der Waals surface area contributed by atoms with Gasteiger partial charge in [0.15, 0.2) is 0 Å². The molecule has 1 aromatic carbocycles. The predicted octanol–water partition coefficient (Wildman–Crippen LogP) is 4.54. The highest BCUT2D eigenvalue weighted by atomic mass is 35.5. The molecule has 1 aromatic heterocycles. The van der Waals surface area contributed by atoms with Gasteiger partial charge in [0.05, 0.1) is 11.6 Å². The molecule has 0 saturated carbocycles. The van der Waals surface area contributed by atoms with E-state index in [0.29, 0.717) is 5.02 Å². The molecule has 2 aromatic rings. The van der Waals surface area contributed by atoms with Gasteiger partial charge >= 0.3 is 0 Å². The van der Waals surface area contributed by atoms with Gasteiger partial charge in [0.25, 0.3) is 0 Å². The van der Waals surface area contributed by atoms with Gasteiger partial charge in [0.2, 0.25) is 0 Å². The van der Waals surface area contributed by atoms with Crippen molar-refractivity contribution in [3.05, 3.63) is 47.2 Å².